The number of ketones is 1. The minimum Gasteiger partial charge on any atom is -0.468 e. The molecule has 0 aromatic heterocycles. The van der Waals surface area contributed by atoms with Gasteiger partial charge in [0, 0.05) is 51.7 Å². The van der Waals surface area contributed by atoms with Crippen LogP contribution in [-0.2, 0) is 23.8 Å². The molecule has 1 amide bonds. The van der Waals surface area contributed by atoms with Crippen molar-refractivity contribution < 1.29 is 52.4 Å². The van der Waals surface area contributed by atoms with Crippen molar-refractivity contribution in [2.24, 2.45) is 0 Å². The Balaban J connectivity index is 1.50. The first-order chi connectivity index (χ1) is 25.1. The van der Waals surface area contributed by atoms with Gasteiger partial charge in [0.1, 0.15) is 17.6 Å². The molecule has 0 bridgehead atoms. The van der Waals surface area contributed by atoms with Crippen molar-refractivity contribution in [1.29, 1.82) is 0 Å². The summed E-state index contributed by atoms with van der Waals surface area (Å²) in [6.45, 7) is 2.60. The number of anilines is 1. The Kier molecular flexibility index (Phi) is 15.2. The van der Waals surface area contributed by atoms with E-state index in [-0.39, 0.29) is 38.1 Å². The molecule has 1 N–H and O–H groups in total. The molecule has 14 heteroatoms. The van der Waals surface area contributed by atoms with E-state index in [0.717, 1.165) is 12.1 Å². The Morgan fingerprint density at radius 3 is 2.21 bits per heavy atom. The van der Waals surface area contributed by atoms with Crippen LogP contribution in [0.15, 0.2) is 66.7 Å². The minimum absolute atomic E-state index is 0.0297. The predicted octanol–water partition coefficient (Wildman–Crippen LogP) is 5.24. The monoisotopic (exact) mass is 721 g/mol. The number of amides is 1. The largest absolute Gasteiger partial charge is 0.527 e. The predicted molar refractivity (Wildman–Crippen MR) is 191 cm³/mol. The van der Waals surface area contributed by atoms with Crippen molar-refractivity contribution in [2.75, 3.05) is 66.5 Å². The number of hydrogen-bond donors (Lipinski definition) is 1. The second-order valence-corrected chi connectivity index (χ2v) is 12.2. The summed E-state index contributed by atoms with van der Waals surface area (Å²) in [7, 11) is 6.74. The zero-order chi connectivity index (χ0) is 37.5. The SMILES string of the molecule is CCCCOC(=O)ON1CCC[C@@H](OC(=O)c2ccc(C(=O)c3cc(N(C)C)ccc3OCOC)cc2)[C@H](NC(=O)c2ccc(OCOC)cc2)C1. The summed E-state index contributed by atoms with van der Waals surface area (Å²) in [5.41, 5.74) is 2.05. The van der Waals surface area contributed by atoms with Gasteiger partial charge in [-0.05, 0) is 73.9 Å². The standard InChI is InChI=1S/C38H47N3O11/c1-6-7-21-48-38(45)52-41-20-8-9-34(32(23-41)39-36(43)27-14-17-30(18-15-27)49-24-46-4)51-37(44)28-12-10-26(11-13-28)35(42)31-22-29(40(2)3)16-19-33(31)50-25-47-5/h10-19,22,32,34H,6-9,20-21,23-25H2,1-5H3,(H,39,43)/t32-,34-/m1/s1. The van der Waals surface area contributed by atoms with Gasteiger partial charge < -0.3 is 43.5 Å². The lowest BCUT2D eigenvalue weighted by atomic mass is 10.0. The van der Waals surface area contributed by atoms with Crippen LogP contribution >= 0.6 is 0 Å². The number of carbonyl (C=O) groups excluding carboxylic acids is 4. The van der Waals surface area contributed by atoms with Gasteiger partial charge in [-0.15, -0.1) is 5.06 Å². The van der Waals surface area contributed by atoms with Crippen molar-refractivity contribution in [3.8, 4) is 11.5 Å². The maximum atomic E-state index is 13.6. The molecule has 1 saturated heterocycles. The van der Waals surface area contributed by atoms with Crippen molar-refractivity contribution in [1.82, 2.24) is 10.4 Å². The van der Waals surface area contributed by atoms with E-state index >= 15 is 0 Å². The molecule has 3 aromatic carbocycles. The van der Waals surface area contributed by atoms with Gasteiger partial charge in [0.25, 0.3) is 5.91 Å². The first kappa shape index (κ1) is 39.6. The first-order valence-electron chi connectivity index (χ1n) is 17.0. The summed E-state index contributed by atoms with van der Waals surface area (Å²) in [5, 5.41) is 4.36. The number of esters is 1. The van der Waals surface area contributed by atoms with Gasteiger partial charge in [-0.1, -0.05) is 25.5 Å². The summed E-state index contributed by atoms with van der Waals surface area (Å²) in [4.78, 5) is 60.2. The maximum absolute atomic E-state index is 13.6. The fraction of sp³-hybridized carbons (Fsp3) is 0.421. The van der Waals surface area contributed by atoms with Crippen LogP contribution in [0, 0.1) is 0 Å². The third-order valence-electron chi connectivity index (χ3n) is 8.14. The van der Waals surface area contributed by atoms with Gasteiger partial charge >= 0.3 is 12.1 Å². The van der Waals surface area contributed by atoms with Gasteiger partial charge in [0.15, 0.2) is 19.4 Å². The normalized spacial score (nSPS) is 15.9. The van der Waals surface area contributed by atoms with E-state index in [4.69, 9.17) is 33.3 Å². The van der Waals surface area contributed by atoms with Crippen LogP contribution in [0.25, 0.3) is 0 Å². The molecule has 0 spiro atoms. The van der Waals surface area contributed by atoms with Crippen molar-refractivity contribution in [3.63, 3.8) is 0 Å². The first-order valence-corrected chi connectivity index (χ1v) is 17.0. The van der Waals surface area contributed by atoms with E-state index in [1.165, 1.54) is 31.4 Å². The van der Waals surface area contributed by atoms with Crippen LogP contribution in [0.2, 0.25) is 0 Å². The zero-order valence-electron chi connectivity index (χ0n) is 30.3. The molecule has 1 fully saturated rings. The third kappa shape index (κ3) is 11.4. The van der Waals surface area contributed by atoms with Crippen LogP contribution in [0.3, 0.4) is 0 Å². The second-order valence-electron chi connectivity index (χ2n) is 12.2. The summed E-state index contributed by atoms with van der Waals surface area (Å²) < 4.78 is 32.1. The quantitative estimate of drug-likeness (QED) is 0.0839. The summed E-state index contributed by atoms with van der Waals surface area (Å²) in [6, 6.07) is 17.1. The van der Waals surface area contributed by atoms with E-state index in [1.54, 1.807) is 48.5 Å². The lowest BCUT2D eigenvalue weighted by molar-refractivity contribution is -0.130. The average molecular weight is 722 g/mol. The molecule has 0 unspecified atom stereocenters. The molecule has 3 aromatic rings. The number of unbranched alkanes of at least 4 members (excludes halogenated alkanes) is 1. The molecule has 14 nitrogen and oxygen atoms in total. The topological polar surface area (TPSA) is 151 Å². The molecule has 4 rings (SSSR count). The van der Waals surface area contributed by atoms with Gasteiger partial charge in [0.05, 0.1) is 30.3 Å². The van der Waals surface area contributed by atoms with E-state index in [0.29, 0.717) is 54.0 Å². The Morgan fingerprint density at radius 2 is 1.54 bits per heavy atom. The molecule has 52 heavy (non-hydrogen) atoms. The van der Waals surface area contributed by atoms with Crippen LogP contribution < -0.4 is 19.7 Å². The van der Waals surface area contributed by atoms with Gasteiger partial charge in [-0.3, -0.25) is 9.59 Å². The lowest BCUT2D eigenvalue weighted by Crippen LogP contribution is -2.50. The van der Waals surface area contributed by atoms with Gasteiger partial charge in [-0.2, -0.15) is 0 Å². The van der Waals surface area contributed by atoms with Crippen LogP contribution in [-0.4, -0.2) is 103 Å². The number of benzene rings is 3. The lowest BCUT2D eigenvalue weighted by Gasteiger charge is -2.28. The minimum atomic E-state index is -0.846. The molecule has 0 radical (unpaired) electrons. The Bertz CT molecular complexity index is 1630. The number of ether oxygens (including phenoxy) is 6. The molecule has 280 valence electrons. The molecule has 1 aliphatic rings. The smallest absolute Gasteiger partial charge is 0.468 e. The number of rotatable bonds is 17. The maximum Gasteiger partial charge on any atom is 0.527 e. The highest BCUT2D eigenvalue weighted by Gasteiger charge is 2.34. The Hall–Kier alpha value is -5.18. The van der Waals surface area contributed by atoms with Gasteiger partial charge in [-0.25, -0.2) is 9.59 Å². The molecule has 2 atom stereocenters. The Labute approximate surface area is 303 Å². The highest BCUT2D eigenvalue weighted by Crippen LogP contribution is 2.27. The van der Waals surface area contributed by atoms with Crippen LogP contribution in [0.4, 0.5) is 10.5 Å². The fourth-order valence-electron chi connectivity index (χ4n) is 5.31. The van der Waals surface area contributed by atoms with Crippen molar-refractivity contribution in [3.05, 3.63) is 89.0 Å². The number of carbonyl (C=O) groups is 4. The number of hydrogen-bond acceptors (Lipinski definition) is 13. The number of nitrogens with one attached hydrogen (secondary N) is 1. The molecular weight excluding hydrogens is 674 g/mol. The van der Waals surface area contributed by atoms with Crippen LogP contribution in [0.1, 0.15) is 69.2 Å². The summed E-state index contributed by atoms with van der Waals surface area (Å²) in [6.07, 6.45) is 0.789. The number of methoxy groups -OCH3 is 2. The molecule has 1 heterocycles. The van der Waals surface area contributed by atoms with E-state index < -0.39 is 30.2 Å². The second kappa shape index (κ2) is 20.0. The number of hydroxylamine groups is 2. The van der Waals surface area contributed by atoms with Crippen molar-refractivity contribution in [2.45, 2.75) is 44.8 Å². The van der Waals surface area contributed by atoms with Crippen LogP contribution in [0.5, 0.6) is 11.5 Å². The zero-order valence-corrected chi connectivity index (χ0v) is 30.3. The average Bonchev–Trinajstić information content (AvgIpc) is 3.33. The van der Waals surface area contributed by atoms with E-state index in [9.17, 15) is 19.2 Å². The van der Waals surface area contributed by atoms with Gasteiger partial charge in [0.2, 0.25) is 0 Å². The van der Waals surface area contributed by atoms with Crippen molar-refractivity contribution >= 4 is 29.5 Å². The molecule has 0 aliphatic carbocycles. The highest BCUT2D eigenvalue weighted by atomic mass is 16.8. The Morgan fingerprint density at radius 1 is 0.865 bits per heavy atom. The molecular formula is C38H47N3O11. The molecule has 1 aliphatic heterocycles. The summed E-state index contributed by atoms with van der Waals surface area (Å²) in [5.74, 6) is -0.477. The summed E-state index contributed by atoms with van der Waals surface area (Å²) >= 11 is 0. The van der Waals surface area contributed by atoms with E-state index in [2.05, 4.69) is 5.32 Å². The highest BCUT2D eigenvalue weighted by molar-refractivity contribution is 6.11. The third-order valence-corrected chi connectivity index (χ3v) is 8.14. The number of nitrogens with zero attached hydrogens (tertiary/aromatic N) is 2. The van der Waals surface area contributed by atoms with E-state index in [1.807, 2.05) is 32.0 Å². The molecule has 0 saturated carbocycles. The fourth-order valence-corrected chi connectivity index (χ4v) is 5.31.